The number of nitrogens with zero attached hydrogens (tertiary/aromatic N) is 6. The van der Waals surface area contributed by atoms with Crippen molar-refractivity contribution in [2.45, 2.75) is 39.2 Å². The van der Waals surface area contributed by atoms with Crippen molar-refractivity contribution in [3.63, 3.8) is 0 Å². The van der Waals surface area contributed by atoms with E-state index in [-0.39, 0.29) is 11.8 Å². The third-order valence-electron chi connectivity index (χ3n) is 4.68. The van der Waals surface area contributed by atoms with Gasteiger partial charge in [0, 0.05) is 36.7 Å². The Morgan fingerprint density at radius 2 is 2.00 bits per heavy atom. The second-order valence-electron chi connectivity index (χ2n) is 6.81. The van der Waals surface area contributed by atoms with Crippen molar-refractivity contribution in [3.05, 3.63) is 65.4 Å². The SMILES string of the molecule is CCn1nc(C(C)(F)F)nc1C(C)c1ccc(-c2ccccc2C(=N)N=NN)nc1. The summed E-state index contributed by atoms with van der Waals surface area (Å²) in [5.41, 5.74) is 2.69. The summed E-state index contributed by atoms with van der Waals surface area (Å²) < 4.78 is 28.8. The van der Waals surface area contributed by atoms with E-state index in [2.05, 4.69) is 25.4 Å². The van der Waals surface area contributed by atoms with Gasteiger partial charge in [-0.3, -0.25) is 10.4 Å². The average Bonchev–Trinajstić information content (AvgIpc) is 3.18. The Hall–Kier alpha value is -3.56. The summed E-state index contributed by atoms with van der Waals surface area (Å²) in [5, 5.41) is 18.7. The molecule has 2 aromatic heterocycles. The van der Waals surface area contributed by atoms with E-state index in [0.29, 0.717) is 29.2 Å². The molecule has 0 aliphatic heterocycles. The van der Waals surface area contributed by atoms with Crippen LogP contribution in [-0.2, 0) is 12.5 Å². The van der Waals surface area contributed by atoms with E-state index >= 15 is 0 Å². The number of nitrogens with two attached hydrogens (primary N) is 1. The fourth-order valence-corrected chi connectivity index (χ4v) is 3.09. The van der Waals surface area contributed by atoms with Crippen LogP contribution in [0.15, 0.2) is 52.9 Å². The van der Waals surface area contributed by atoms with Crippen molar-refractivity contribution in [3.8, 4) is 11.3 Å². The van der Waals surface area contributed by atoms with E-state index in [1.165, 1.54) is 4.68 Å². The van der Waals surface area contributed by atoms with E-state index in [1.54, 1.807) is 24.4 Å². The number of alkyl halides is 2. The van der Waals surface area contributed by atoms with Gasteiger partial charge in [-0.25, -0.2) is 9.67 Å². The van der Waals surface area contributed by atoms with E-state index in [4.69, 9.17) is 11.3 Å². The molecular weight excluding hydrogens is 390 g/mol. The fraction of sp³-hybridized carbons (Fsp3) is 0.300. The van der Waals surface area contributed by atoms with Crippen LogP contribution in [0, 0.1) is 5.41 Å². The maximum absolute atomic E-state index is 13.7. The van der Waals surface area contributed by atoms with Gasteiger partial charge in [0.2, 0.25) is 5.82 Å². The normalized spacial score (nSPS) is 13.0. The Morgan fingerprint density at radius 1 is 1.27 bits per heavy atom. The molecule has 1 unspecified atom stereocenters. The van der Waals surface area contributed by atoms with Crippen LogP contribution >= 0.6 is 0 Å². The minimum absolute atomic E-state index is 0.0728. The molecule has 3 rings (SSSR count). The molecule has 0 spiro atoms. The smallest absolute Gasteiger partial charge is 0.305 e. The average molecular weight is 412 g/mol. The summed E-state index contributed by atoms with van der Waals surface area (Å²) in [4.78, 5) is 8.58. The van der Waals surface area contributed by atoms with Gasteiger partial charge in [0.25, 0.3) is 0 Å². The first-order chi connectivity index (χ1) is 14.3. The van der Waals surface area contributed by atoms with Crippen molar-refractivity contribution in [1.29, 1.82) is 5.41 Å². The monoisotopic (exact) mass is 412 g/mol. The van der Waals surface area contributed by atoms with Crippen LogP contribution in [0.25, 0.3) is 11.3 Å². The Kier molecular flexibility index (Phi) is 5.95. The molecule has 30 heavy (non-hydrogen) atoms. The van der Waals surface area contributed by atoms with Crippen molar-refractivity contribution in [2.24, 2.45) is 16.2 Å². The highest BCUT2D eigenvalue weighted by atomic mass is 19.3. The van der Waals surface area contributed by atoms with Gasteiger partial charge < -0.3 is 5.84 Å². The first kappa shape index (κ1) is 21.2. The standard InChI is InChI=1S/C20H22F2N8/c1-4-30-18(26-19(28-30)20(3,21)22)12(2)13-9-10-16(25-11-13)14-7-5-6-8-15(14)17(23)27-29-24/h5-12H,4H2,1-3H3,(H3,23,24,27). The van der Waals surface area contributed by atoms with Crippen molar-refractivity contribution >= 4 is 5.84 Å². The topological polar surface area (TPSA) is 118 Å². The second kappa shape index (κ2) is 8.44. The summed E-state index contributed by atoms with van der Waals surface area (Å²) in [5.74, 6) is 1.56. The molecule has 0 saturated heterocycles. The molecule has 1 aromatic carbocycles. The molecule has 0 fully saturated rings. The molecule has 10 heteroatoms. The lowest BCUT2D eigenvalue weighted by molar-refractivity contribution is 0.00754. The zero-order chi connectivity index (χ0) is 21.9. The van der Waals surface area contributed by atoms with Crippen LogP contribution in [0.3, 0.4) is 0 Å². The number of hydrogen-bond acceptors (Lipinski definition) is 5. The minimum atomic E-state index is -3.11. The molecular formula is C20H22F2N8. The maximum Gasteiger partial charge on any atom is 0.305 e. The van der Waals surface area contributed by atoms with Gasteiger partial charge in [-0.2, -0.15) is 8.78 Å². The number of aromatic nitrogens is 4. The molecule has 0 aliphatic carbocycles. The van der Waals surface area contributed by atoms with Crippen molar-refractivity contribution in [2.75, 3.05) is 0 Å². The third-order valence-corrected chi connectivity index (χ3v) is 4.68. The van der Waals surface area contributed by atoms with Gasteiger partial charge >= 0.3 is 5.92 Å². The zero-order valence-electron chi connectivity index (χ0n) is 16.8. The number of hydrogen-bond donors (Lipinski definition) is 2. The predicted molar refractivity (Wildman–Crippen MR) is 108 cm³/mol. The van der Waals surface area contributed by atoms with Gasteiger partial charge in [0.1, 0.15) is 5.82 Å². The fourth-order valence-electron chi connectivity index (χ4n) is 3.09. The first-order valence-electron chi connectivity index (χ1n) is 9.34. The molecule has 0 amide bonds. The minimum Gasteiger partial charge on any atom is -0.305 e. The predicted octanol–water partition coefficient (Wildman–Crippen LogP) is 4.27. The van der Waals surface area contributed by atoms with Crippen LogP contribution in [-0.4, -0.2) is 25.6 Å². The van der Waals surface area contributed by atoms with Crippen molar-refractivity contribution in [1.82, 2.24) is 19.7 Å². The molecule has 0 bridgehead atoms. The Bertz CT molecular complexity index is 1070. The van der Waals surface area contributed by atoms with Gasteiger partial charge in [0.15, 0.2) is 5.84 Å². The lowest BCUT2D eigenvalue weighted by atomic mass is 9.99. The number of aryl methyl sites for hydroxylation is 1. The molecule has 156 valence electrons. The summed E-state index contributed by atoms with van der Waals surface area (Å²) >= 11 is 0. The van der Waals surface area contributed by atoms with E-state index in [0.717, 1.165) is 12.5 Å². The van der Waals surface area contributed by atoms with Crippen LogP contribution < -0.4 is 5.84 Å². The molecule has 0 saturated carbocycles. The van der Waals surface area contributed by atoms with E-state index < -0.39 is 11.7 Å². The molecule has 0 aliphatic rings. The first-order valence-corrected chi connectivity index (χ1v) is 9.34. The second-order valence-corrected chi connectivity index (χ2v) is 6.81. The lowest BCUT2D eigenvalue weighted by Crippen LogP contribution is -2.10. The zero-order valence-corrected chi connectivity index (χ0v) is 16.8. The van der Waals surface area contributed by atoms with Gasteiger partial charge in [-0.1, -0.05) is 42.5 Å². The number of rotatable bonds is 6. The highest BCUT2D eigenvalue weighted by Gasteiger charge is 2.32. The molecule has 3 N–H and O–H groups in total. The third kappa shape index (κ3) is 4.22. The van der Waals surface area contributed by atoms with E-state index in [1.807, 2.05) is 32.0 Å². The lowest BCUT2D eigenvalue weighted by Gasteiger charge is -2.13. The molecule has 3 aromatic rings. The Balaban J connectivity index is 1.94. The maximum atomic E-state index is 13.7. The van der Waals surface area contributed by atoms with Crippen LogP contribution in [0.2, 0.25) is 0 Å². The molecule has 2 heterocycles. The molecule has 8 nitrogen and oxygen atoms in total. The molecule has 1 atom stereocenters. The highest BCUT2D eigenvalue weighted by molar-refractivity contribution is 6.02. The van der Waals surface area contributed by atoms with Gasteiger partial charge in [-0.15, -0.1) is 10.2 Å². The summed E-state index contributed by atoms with van der Waals surface area (Å²) in [7, 11) is 0. The van der Waals surface area contributed by atoms with Crippen LogP contribution in [0.5, 0.6) is 0 Å². The highest BCUT2D eigenvalue weighted by Crippen LogP contribution is 2.29. The Labute approximate surface area is 172 Å². The number of halogens is 2. The van der Waals surface area contributed by atoms with Gasteiger partial charge in [-0.05, 0) is 18.6 Å². The summed E-state index contributed by atoms with van der Waals surface area (Å²) in [6.07, 6.45) is 1.67. The Morgan fingerprint density at radius 3 is 2.60 bits per heavy atom. The van der Waals surface area contributed by atoms with Gasteiger partial charge in [0.05, 0.1) is 5.69 Å². The summed E-state index contributed by atoms with van der Waals surface area (Å²) in [6, 6.07) is 10.8. The number of nitrogens with one attached hydrogen (secondary N) is 1. The van der Waals surface area contributed by atoms with Crippen LogP contribution in [0.1, 0.15) is 49.5 Å². The number of benzene rings is 1. The number of pyridine rings is 1. The molecule has 0 radical (unpaired) electrons. The van der Waals surface area contributed by atoms with E-state index in [9.17, 15) is 8.78 Å². The quantitative estimate of drug-likeness (QED) is 0.207. The summed E-state index contributed by atoms with van der Waals surface area (Å²) in [6.45, 7) is 4.91. The van der Waals surface area contributed by atoms with Crippen LogP contribution in [0.4, 0.5) is 8.78 Å². The number of amidine groups is 1. The largest absolute Gasteiger partial charge is 0.305 e. The van der Waals surface area contributed by atoms with Crippen molar-refractivity contribution < 1.29 is 8.78 Å².